The van der Waals surface area contributed by atoms with Crippen molar-refractivity contribution >= 4 is 17.8 Å². The number of nitrogens with zero attached hydrogens (tertiary/aromatic N) is 1. The maximum absolute atomic E-state index is 12.7. The zero-order valence-electron chi connectivity index (χ0n) is 14.7. The van der Waals surface area contributed by atoms with Crippen molar-refractivity contribution in [1.29, 1.82) is 0 Å². The highest BCUT2D eigenvalue weighted by atomic mass is 16.4. The van der Waals surface area contributed by atoms with E-state index in [0.29, 0.717) is 31.5 Å². The third-order valence-electron chi connectivity index (χ3n) is 4.75. The van der Waals surface area contributed by atoms with Crippen molar-refractivity contribution in [3.8, 4) is 0 Å². The Kier molecular flexibility index (Phi) is 6.56. The van der Waals surface area contributed by atoms with Crippen LogP contribution in [0.25, 0.3) is 0 Å². The minimum atomic E-state index is -0.825. The summed E-state index contributed by atoms with van der Waals surface area (Å²) in [6, 6.07) is 9.02. The van der Waals surface area contributed by atoms with Gasteiger partial charge in [-0.05, 0) is 44.7 Å². The zero-order valence-corrected chi connectivity index (χ0v) is 14.7. The molecule has 25 heavy (non-hydrogen) atoms. The number of likely N-dealkylation sites (tertiary alicyclic amines) is 1. The average Bonchev–Trinajstić information content (AvgIpc) is 3.00. The Morgan fingerprint density at radius 2 is 1.88 bits per heavy atom. The van der Waals surface area contributed by atoms with Crippen molar-refractivity contribution in [2.75, 3.05) is 13.1 Å². The molecule has 1 fully saturated rings. The van der Waals surface area contributed by atoms with Crippen LogP contribution in [0.4, 0.5) is 0 Å². The average molecular weight is 346 g/mol. The van der Waals surface area contributed by atoms with Crippen molar-refractivity contribution in [3.63, 3.8) is 0 Å². The molecule has 0 bridgehead atoms. The predicted molar refractivity (Wildman–Crippen MR) is 94.2 cm³/mol. The molecule has 1 saturated heterocycles. The summed E-state index contributed by atoms with van der Waals surface area (Å²) in [6.07, 6.45) is 3.72. The van der Waals surface area contributed by atoms with E-state index in [0.717, 1.165) is 19.3 Å². The van der Waals surface area contributed by atoms with Crippen LogP contribution in [0.1, 0.15) is 55.8 Å². The second-order valence-corrected chi connectivity index (χ2v) is 6.66. The van der Waals surface area contributed by atoms with E-state index in [1.807, 2.05) is 25.1 Å². The van der Waals surface area contributed by atoms with Gasteiger partial charge in [0.05, 0.1) is 0 Å². The van der Waals surface area contributed by atoms with Gasteiger partial charge in [0.2, 0.25) is 5.91 Å². The lowest BCUT2D eigenvalue weighted by atomic mass is 9.96. The lowest BCUT2D eigenvalue weighted by molar-refractivity contribution is -0.137. The van der Waals surface area contributed by atoms with Gasteiger partial charge in [-0.3, -0.25) is 14.4 Å². The van der Waals surface area contributed by atoms with E-state index in [4.69, 9.17) is 5.11 Å². The van der Waals surface area contributed by atoms with E-state index in [1.54, 1.807) is 17.0 Å². The molecule has 0 spiro atoms. The Hall–Kier alpha value is -2.37. The molecular weight excluding hydrogens is 320 g/mol. The van der Waals surface area contributed by atoms with E-state index in [-0.39, 0.29) is 18.2 Å². The summed E-state index contributed by atoms with van der Waals surface area (Å²) in [7, 11) is 0. The molecule has 0 radical (unpaired) electrons. The van der Waals surface area contributed by atoms with Crippen LogP contribution < -0.4 is 5.32 Å². The number of rotatable bonds is 8. The summed E-state index contributed by atoms with van der Waals surface area (Å²) in [5.41, 5.74) is -0.231. The number of hydrogen-bond donors (Lipinski definition) is 2. The van der Waals surface area contributed by atoms with E-state index < -0.39 is 11.5 Å². The van der Waals surface area contributed by atoms with E-state index in [1.165, 1.54) is 0 Å². The van der Waals surface area contributed by atoms with Gasteiger partial charge in [0.1, 0.15) is 5.54 Å². The second-order valence-electron chi connectivity index (χ2n) is 6.66. The summed E-state index contributed by atoms with van der Waals surface area (Å²) in [5, 5.41) is 11.5. The smallest absolute Gasteiger partial charge is 0.303 e. The van der Waals surface area contributed by atoms with Gasteiger partial charge in [0, 0.05) is 25.1 Å². The SMILES string of the molecule is C[C@@]1(C(=O)NCCCCCC(=O)O)CCCN1C(=O)c1ccccc1. The normalized spacial score (nSPS) is 19.6. The topological polar surface area (TPSA) is 86.7 Å². The minimum Gasteiger partial charge on any atom is -0.481 e. The van der Waals surface area contributed by atoms with Crippen LogP contribution in [0.3, 0.4) is 0 Å². The van der Waals surface area contributed by atoms with Gasteiger partial charge >= 0.3 is 5.97 Å². The molecular formula is C19H26N2O4. The molecule has 1 heterocycles. The molecule has 2 rings (SSSR count). The van der Waals surface area contributed by atoms with Crippen LogP contribution in [0, 0.1) is 0 Å². The fourth-order valence-electron chi connectivity index (χ4n) is 3.23. The maximum Gasteiger partial charge on any atom is 0.303 e. The monoisotopic (exact) mass is 346 g/mol. The van der Waals surface area contributed by atoms with Gasteiger partial charge in [0.15, 0.2) is 0 Å². The summed E-state index contributed by atoms with van der Waals surface area (Å²) < 4.78 is 0. The maximum atomic E-state index is 12.7. The molecule has 0 aliphatic carbocycles. The van der Waals surface area contributed by atoms with Gasteiger partial charge in [0.25, 0.3) is 5.91 Å². The lowest BCUT2D eigenvalue weighted by Crippen LogP contribution is -2.55. The molecule has 2 amide bonds. The molecule has 6 nitrogen and oxygen atoms in total. The van der Waals surface area contributed by atoms with Crippen LogP contribution in [0.15, 0.2) is 30.3 Å². The van der Waals surface area contributed by atoms with Gasteiger partial charge in [-0.1, -0.05) is 24.6 Å². The van der Waals surface area contributed by atoms with Gasteiger partial charge in [-0.25, -0.2) is 0 Å². The van der Waals surface area contributed by atoms with E-state index in [2.05, 4.69) is 5.32 Å². The fourth-order valence-corrected chi connectivity index (χ4v) is 3.23. The first kappa shape index (κ1) is 19.0. The Morgan fingerprint density at radius 1 is 1.16 bits per heavy atom. The molecule has 1 aliphatic rings. The Labute approximate surface area is 148 Å². The van der Waals surface area contributed by atoms with Gasteiger partial charge in [-0.2, -0.15) is 0 Å². The van der Waals surface area contributed by atoms with Crippen LogP contribution >= 0.6 is 0 Å². The molecule has 0 saturated carbocycles. The van der Waals surface area contributed by atoms with Crippen molar-refractivity contribution in [3.05, 3.63) is 35.9 Å². The van der Waals surface area contributed by atoms with Crippen molar-refractivity contribution < 1.29 is 19.5 Å². The first-order valence-corrected chi connectivity index (χ1v) is 8.82. The highest BCUT2D eigenvalue weighted by Gasteiger charge is 2.45. The third-order valence-corrected chi connectivity index (χ3v) is 4.75. The molecule has 1 atom stereocenters. The summed E-state index contributed by atoms with van der Waals surface area (Å²) in [6.45, 7) is 2.90. The number of hydrogen-bond acceptors (Lipinski definition) is 3. The van der Waals surface area contributed by atoms with Crippen molar-refractivity contribution in [2.24, 2.45) is 0 Å². The minimum absolute atomic E-state index is 0.114. The molecule has 1 aromatic rings. The number of amides is 2. The summed E-state index contributed by atoms with van der Waals surface area (Å²) >= 11 is 0. The predicted octanol–water partition coefficient (Wildman–Crippen LogP) is 2.44. The number of carboxylic acid groups (broad SMARTS) is 1. The van der Waals surface area contributed by atoms with E-state index in [9.17, 15) is 14.4 Å². The molecule has 1 aromatic carbocycles. The van der Waals surface area contributed by atoms with Gasteiger partial charge < -0.3 is 15.3 Å². The number of carbonyl (C=O) groups excluding carboxylic acids is 2. The van der Waals surface area contributed by atoms with E-state index >= 15 is 0 Å². The number of unbranched alkanes of at least 4 members (excludes halogenated alkanes) is 2. The first-order chi connectivity index (χ1) is 11.9. The largest absolute Gasteiger partial charge is 0.481 e. The van der Waals surface area contributed by atoms with Crippen LogP contribution in [-0.2, 0) is 9.59 Å². The first-order valence-electron chi connectivity index (χ1n) is 8.82. The highest BCUT2D eigenvalue weighted by molar-refractivity contribution is 5.99. The highest BCUT2D eigenvalue weighted by Crippen LogP contribution is 2.30. The molecule has 136 valence electrons. The van der Waals surface area contributed by atoms with Crippen LogP contribution in [-0.4, -0.2) is 46.4 Å². The number of carboxylic acids is 1. The van der Waals surface area contributed by atoms with Crippen LogP contribution in [0.2, 0.25) is 0 Å². The molecule has 2 N–H and O–H groups in total. The van der Waals surface area contributed by atoms with Crippen LogP contribution in [0.5, 0.6) is 0 Å². The number of nitrogens with one attached hydrogen (secondary N) is 1. The van der Waals surface area contributed by atoms with Crippen molar-refractivity contribution in [1.82, 2.24) is 10.2 Å². The third kappa shape index (κ3) is 4.81. The zero-order chi connectivity index (χ0) is 18.3. The number of carbonyl (C=O) groups is 3. The van der Waals surface area contributed by atoms with Crippen molar-refractivity contribution in [2.45, 2.75) is 51.0 Å². The molecule has 1 aliphatic heterocycles. The fraction of sp³-hybridized carbons (Fsp3) is 0.526. The van der Waals surface area contributed by atoms with Gasteiger partial charge in [-0.15, -0.1) is 0 Å². The molecule has 6 heteroatoms. The Morgan fingerprint density at radius 3 is 2.56 bits per heavy atom. The molecule has 0 aromatic heterocycles. The lowest BCUT2D eigenvalue weighted by Gasteiger charge is -2.34. The Bertz CT molecular complexity index is 617. The Balaban J connectivity index is 1.88. The second kappa shape index (κ2) is 8.65. The quantitative estimate of drug-likeness (QED) is 0.708. The summed E-state index contributed by atoms with van der Waals surface area (Å²) in [4.78, 5) is 37.5. The number of benzene rings is 1. The number of aliphatic carboxylic acids is 1. The standard InChI is InChI=1S/C19H26N2O4/c1-19(18(25)20-13-7-3-6-11-16(22)23)12-8-14-21(19)17(24)15-9-4-2-5-10-15/h2,4-5,9-10H,3,6-8,11-14H2,1H3,(H,20,25)(H,22,23)/t19-/m0/s1. The summed E-state index contributed by atoms with van der Waals surface area (Å²) in [5.74, 6) is -1.04. The molecule has 0 unspecified atom stereocenters.